The van der Waals surface area contributed by atoms with Crippen LogP contribution in [0.2, 0.25) is 0 Å². The molecule has 0 amide bonds. The molecule has 9 nitrogen and oxygen atoms in total. The van der Waals surface area contributed by atoms with E-state index in [1.807, 2.05) is 4.90 Å². The number of piperidine rings is 2. The molecule has 11 heteroatoms. The van der Waals surface area contributed by atoms with E-state index < -0.39 is 17.8 Å². The molecule has 6 rings (SSSR count). The van der Waals surface area contributed by atoms with Crippen LogP contribution in [0.4, 0.5) is 14.7 Å². The summed E-state index contributed by atoms with van der Waals surface area (Å²) in [5, 5.41) is 22.7. The molecule has 0 radical (unpaired) electrons. The van der Waals surface area contributed by atoms with Crippen LogP contribution in [0.25, 0.3) is 22.5 Å². The number of aromatic hydroxyl groups is 1. The highest BCUT2D eigenvalue weighted by Crippen LogP contribution is 2.39. The molecular formula is C25H27F2N7O2. The monoisotopic (exact) mass is 495 g/mol. The molecule has 1 aliphatic carbocycles. The number of phenolic OH excluding ortho intramolecular Hbond substituents is 1. The summed E-state index contributed by atoms with van der Waals surface area (Å²) >= 11 is 0. The van der Waals surface area contributed by atoms with Crippen molar-refractivity contribution in [2.24, 2.45) is 7.05 Å². The van der Waals surface area contributed by atoms with Gasteiger partial charge in [-0.25, -0.2) is 14.2 Å². The molecule has 3 aliphatic rings. The van der Waals surface area contributed by atoms with Gasteiger partial charge >= 0.3 is 5.69 Å². The van der Waals surface area contributed by atoms with E-state index in [4.69, 9.17) is 0 Å². The van der Waals surface area contributed by atoms with E-state index in [9.17, 15) is 14.3 Å². The summed E-state index contributed by atoms with van der Waals surface area (Å²) < 4.78 is 30.2. The zero-order chi connectivity index (χ0) is 25.0. The highest BCUT2D eigenvalue weighted by Gasteiger charge is 2.47. The van der Waals surface area contributed by atoms with E-state index in [2.05, 4.69) is 25.5 Å². The smallest absolute Gasteiger partial charge is 0.350 e. The minimum absolute atomic E-state index is 0.115. The predicted molar refractivity (Wildman–Crippen MR) is 129 cm³/mol. The van der Waals surface area contributed by atoms with E-state index in [1.54, 1.807) is 12.1 Å². The number of benzene rings is 1. The van der Waals surface area contributed by atoms with Crippen LogP contribution in [0.5, 0.6) is 5.75 Å². The summed E-state index contributed by atoms with van der Waals surface area (Å²) in [5.74, 6) is -0.453. The second kappa shape index (κ2) is 8.88. The lowest BCUT2D eigenvalue weighted by Gasteiger charge is -2.46. The normalized spacial score (nSPS) is 25.5. The number of nitrogens with zero attached hydrogens (tertiary/aromatic N) is 6. The Bertz CT molecular complexity index is 1350. The van der Waals surface area contributed by atoms with Crippen LogP contribution in [-0.2, 0) is 7.05 Å². The van der Waals surface area contributed by atoms with Gasteiger partial charge < -0.3 is 15.3 Å². The van der Waals surface area contributed by atoms with Gasteiger partial charge in [-0.05, 0) is 44.2 Å². The van der Waals surface area contributed by atoms with Gasteiger partial charge in [-0.1, -0.05) is 12.5 Å². The molecule has 188 valence electrons. The summed E-state index contributed by atoms with van der Waals surface area (Å²) in [6.45, 7) is 0. The maximum absolute atomic E-state index is 15.4. The van der Waals surface area contributed by atoms with Gasteiger partial charge in [0.1, 0.15) is 17.6 Å². The maximum Gasteiger partial charge on any atom is 0.350 e. The summed E-state index contributed by atoms with van der Waals surface area (Å²) in [5.41, 5.74) is 0.501. The molecule has 0 spiro atoms. The van der Waals surface area contributed by atoms with Crippen molar-refractivity contribution >= 4 is 5.95 Å². The van der Waals surface area contributed by atoms with Gasteiger partial charge in [0.15, 0.2) is 5.95 Å². The number of rotatable bonds is 5. The van der Waals surface area contributed by atoms with Crippen molar-refractivity contribution in [1.29, 1.82) is 0 Å². The number of phenols is 1. The van der Waals surface area contributed by atoms with Crippen LogP contribution >= 0.6 is 0 Å². The molecule has 1 aromatic carbocycles. The molecule has 36 heavy (non-hydrogen) atoms. The first-order valence-electron chi connectivity index (χ1n) is 12.3. The Morgan fingerprint density at radius 1 is 1.14 bits per heavy atom. The highest BCUT2D eigenvalue weighted by atomic mass is 19.1. The maximum atomic E-state index is 15.4. The van der Waals surface area contributed by atoms with Crippen LogP contribution in [0.15, 0.2) is 35.3 Å². The molecule has 2 saturated heterocycles. The van der Waals surface area contributed by atoms with E-state index in [0.29, 0.717) is 28.8 Å². The second-order valence-electron chi connectivity index (χ2n) is 9.97. The molecule has 2 N–H and O–H groups in total. The molecule has 2 bridgehead atoms. The lowest BCUT2D eigenvalue weighted by Crippen LogP contribution is -2.62. The van der Waals surface area contributed by atoms with Crippen molar-refractivity contribution in [2.75, 3.05) is 4.90 Å². The zero-order valence-corrected chi connectivity index (χ0v) is 19.8. The first kappa shape index (κ1) is 23.0. The fourth-order valence-electron chi connectivity index (χ4n) is 5.46. The molecule has 4 atom stereocenters. The molecule has 4 heterocycles. The quantitative estimate of drug-likeness (QED) is 0.520. The number of anilines is 1. The van der Waals surface area contributed by atoms with E-state index in [1.165, 1.54) is 19.3 Å². The van der Waals surface area contributed by atoms with Gasteiger partial charge in [0.25, 0.3) is 0 Å². The third-order valence-electron chi connectivity index (χ3n) is 7.52. The highest BCUT2D eigenvalue weighted by molar-refractivity contribution is 5.72. The van der Waals surface area contributed by atoms with Gasteiger partial charge in [0.05, 0.1) is 17.9 Å². The molecule has 3 aromatic rings. The fourth-order valence-corrected chi connectivity index (χ4v) is 5.46. The lowest BCUT2D eigenvalue weighted by atomic mass is 9.82. The van der Waals surface area contributed by atoms with Gasteiger partial charge in [-0.15, -0.1) is 10.2 Å². The van der Waals surface area contributed by atoms with Crippen molar-refractivity contribution < 1.29 is 13.9 Å². The zero-order valence-electron chi connectivity index (χ0n) is 19.8. The Hall–Kier alpha value is -3.47. The van der Waals surface area contributed by atoms with Gasteiger partial charge in [-0.2, -0.15) is 9.37 Å². The predicted octanol–water partition coefficient (Wildman–Crippen LogP) is 2.73. The fraction of sp³-hybridized carbons (Fsp3) is 0.480. The van der Waals surface area contributed by atoms with Crippen molar-refractivity contribution in [1.82, 2.24) is 30.0 Å². The Morgan fingerprint density at radius 2 is 1.97 bits per heavy atom. The van der Waals surface area contributed by atoms with Crippen LogP contribution in [-0.4, -0.2) is 60.2 Å². The largest absolute Gasteiger partial charge is 0.507 e. The van der Waals surface area contributed by atoms with E-state index >= 15 is 4.39 Å². The van der Waals surface area contributed by atoms with Crippen LogP contribution in [0.3, 0.4) is 0 Å². The number of alkyl halides is 1. The average molecular weight is 496 g/mol. The topological polar surface area (TPSA) is 109 Å². The lowest BCUT2D eigenvalue weighted by molar-refractivity contribution is 0.103. The number of hydrogen-bond acceptors (Lipinski definition) is 8. The van der Waals surface area contributed by atoms with Crippen LogP contribution in [0, 0.1) is 5.95 Å². The van der Waals surface area contributed by atoms with Crippen molar-refractivity contribution in [3.8, 4) is 28.3 Å². The standard InChI is InChI=1S/C25H27F2N7O2/c1-33-22(26)11-18(30-25(33)36)13-5-8-16(21(35)9-13)19-12-28-24(32-31-19)34(15-6-7-15)20-10-14-3-2-4-17(29-14)23(20)27/h5,8-9,11-12,14-15,17,20,23,29,35H,2-4,6-7,10H2,1H3/t14-,17-,20+,23-/m0/s1. The Balaban J connectivity index is 1.26. The molecule has 2 aliphatic heterocycles. The SMILES string of the molecule is Cn1c(F)cc(-c2ccc(-c3cnc(N(C4CC4)[C@@H]4C[C@@H]5CCC[C@H](N5)[C@@H]4F)nn3)c(O)c2)nc1=O. The van der Waals surface area contributed by atoms with E-state index in [0.717, 1.165) is 49.2 Å². The first-order chi connectivity index (χ1) is 17.4. The van der Waals surface area contributed by atoms with Crippen molar-refractivity contribution in [3.63, 3.8) is 0 Å². The average Bonchev–Trinajstić information content (AvgIpc) is 3.71. The minimum atomic E-state index is -0.990. The van der Waals surface area contributed by atoms with Crippen molar-refractivity contribution in [3.05, 3.63) is 46.9 Å². The molecule has 1 saturated carbocycles. The first-order valence-corrected chi connectivity index (χ1v) is 12.3. The van der Waals surface area contributed by atoms with Gasteiger partial charge in [-0.3, -0.25) is 4.57 Å². The van der Waals surface area contributed by atoms with Crippen molar-refractivity contribution in [2.45, 2.75) is 68.9 Å². The van der Waals surface area contributed by atoms with Crippen LogP contribution in [0.1, 0.15) is 38.5 Å². The minimum Gasteiger partial charge on any atom is -0.507 e. The molecule has 2 aromatic heterocycles. The summed E-state index contributed by atoms with van der Waals surface area (Å²) in [6.07, 6.45) is 6.18. The number of hydrogen-bond donors (Lipinski definition) is 2. The summed E-state index contributed by atoms with van der Waals surface area (Å²) in [4.78, 5) is 22.2. The molecule has 3 fully saturated rings. The summed E-state index contributed by atoms with van der Waals surface area (Å²) in [6, 6.07) is 5.87. The molecule has 0 unspecified atom stereocenters. The third kappa shape index (κ3) is 4.11. The van der Waals surface area contributed by atoms with Gasteiger partial charge in [0, 0.05) is 42.4 Å². The Kier molecular flexibility index (Phi) is 5.66. The Morgan fingerprint density at radius 3 is 2.67 bits per heavy atom. The Labute approximate surface area is 206 Å². The van der Waals surface area contributed by atoms with Gasteiger partial charge in [0.2, 0.25) is 5.95 Å². The summed E-state index contributed by atoms with van der Waals surface area (Å²) in [7, 11) is 1.29. The van der Waals surface area contributed by atoms with E-state index in [-0.39, 0.29) is 29.6 Å². The number of fused-ring (bicyclic) bond motifs is 2. The number of halogens is 2. The second-order valence-corrected chi connectivity index (χ2v) is 9.97. The molecular weight excluding hydrogens is 468 g/mol. The third-order valence-corrected chi connectivity index (χ3v) is 7.52. The number of aromatic nitrogens is 5. The van der Waals surface area contributed by atoms with Crippen LogP contribution < -0.4 is 15.9 Å². The number of nitrogens with one attached hydrogen (secondary N) is 1.